The molecule has 0 saturated carbocycles. The third-order valence-corrected chi connectivity index (χ3v) is 5.91. The molecule has 0 spiro atoms. The molecule has 1 atom stereocenters. The predicted octanol–water partition coefficient (Wildman–Crippen LogP) is 5.73. The molecule has 0 heterocycles. The van der Waals surface area contributed by atoms with Crippen LogP contribution in [0.2, 0.25) is 15.1 Å². The number of benzene rings is 2. The first kappa shape index (κ1) is 24.8. The van der Waals surface area contributed by atoms with E-state index in [-0.39, 0.29) is 25.0 Å². The lowest BCUT2D eigenvalue weighted by Gasteiger charge is -2.29. The van der Waals surface area contributed by atoms with Crippen LogP contribution in [0.3, 0.4) is 0 Å². The van der Waals surface area contributed by atoms with Gasteiger partial charge in [0.05, 0.1) is 4.47 Å². The molecule has 0 fully saturated rings. The van der Waals surface area contributed by atoms with Gasteiger partial charge >= 0.3 is 0 Å². The van der Waals surface area contributed by atoms with Gasteiger partial charge in [-0.25, -0.2) is 0 Å². The zero-order valence-corrected chi connectivity index (χ0v) is 20.4. The van der Waals surface area contributed by atoms with Gasteiger partial charge in [-0.15, -0.1) is 0 Å². The number of carbonyl (C=O) groups excluding carboxylic acids is 2. The molecule has 9 heteroatoms. The van der Waals surface area contributed by atoms with Gasteiger partial charge in [0.1, 0.15) is 11.8 Å². The summed E-state index contributed by atoms with van der Waals surface area (Å²) in [5, 5.41) is 4.19. The second-order valence-electron chi connectivity index (χ2n) is 6.55. The summed E-state index contributed by atoms with van der Waals surface area (Å²) in [6, 6.07) is 9.35. The minimum absolute atomic E-state index is 0.0726. The van der Waals surface area contributed by atoms with Crippen molar-refractivity contribution in [3.05, 3.63) is 61.5 Å². The fourth-order valence-electron chi connectivity index (χ4n) is 2.65. The largest absolute Gasteiger partial charge is 0.483 e. The van der Waals surface area contributed by atoms with Gasteiger partial charge < -0.3 is 15.0 Å². The fourth-order valence-corrected chi connectivity index (χ4v) is 3.96. The molecule has 30 heavy (non-hydrogen) atoms. The number of nitrogens with one attached hydrogen (secondary N) is 1. The smallest absolute Gasteiger partial charge is 0.261 e. The third-order valence-electron chi connectivity index (χ3n) is 4.35. The van der Waals surface area contributed by atoms with Crippen LogP contribution in [0.5, 0.6) is 5.75 Å². The molecule has 0 aromatic heterocycles. The molecule has 0 saturated heterocycles. The molecular formula is C21H22BrCl3N2O3. The number of hydrogen-bond acceptors (Lipinski definition) is 3. The Kier molecular flexibility index (Phi) is 9.75. The van der Waals surface area contributed by atoms with Gasteiger partial charge in [0.15, 0.2) is 6.61 Å². The van der Waals surface area contributed by atoms with Crippen molar-refractivity contribution in [2.24, 2.45) is 0 Å². The van der Waals surface area contributed by atoms with Gasteiger partial charge in [-0.2, -0.15) is 0 Å². The maximum atomic E-state index is 13.0. The van der Waals surface area contributed by atoms with Crippen molar-refractivity contribution in [1.29, 1.82) is 0 Å². The lowest BCUT2D eigenvalue weighted by molar-refractivity contribution is -0.142. The average Bonchev–Trinajstić information content (AvgIpc) is 2.70. The highest BCUT2D eigenvalue weighted by Gasteiger charge is 2.27. The number of carbonyl (C=O) groups is 2. The molecule has 2 aromatic carbocycles. The van der Waals surface area contributed by atoms with Crippen molar-refractivity contribution < 1.29 is 14.3 Å². The van der Waals surface area contributed by atoms with Crippen LogP contribution in [0.15, 0.2) is 40.9 Å². The summed E-state index contributed by atoms with van der Waals surface area (Å²) in [4.78, 5) is 27.0. The van der Waals surface area contributed by atoms with Gasteiger partial charge in [0.2, 0.25) is 5.91 Å². The van der Waals surface area contributed by atoms with E-state index < -0.39 is 6.04 Å². The number of halogens is 4. The molecule has 0 aliphatic heterocycles. The Morgan fingerprint density at radius 2 is 1.83 bits per heavy atom. The molecular weight excluding hydrogens is 515 g/mol. The summed E-state index contributed by atoms with van der Waals surface area (Å²) in [5.74, 6) is -0.181. The monoisotopic (exact) mass is 534 g/mol. The first-order valence-corrected chi connectivity index (χ1v) is 11.2. The molecule has 1 N–H and O–H groups in total. The fraction of sp³-hybridized carbons (Fsp3) is 0.333. The van der Waals surface area contributed by atoms with E-state index >= 15 is 0 Å². The van der Waals surface area contributed by atoms with Gasteiger partial charge in [0.25, 0.3) is 5.91 Å². The predicted molar refractivity (Wildman–Crippen MR) is 124 cm³/mol. The molecule has 0 bridgehead atoms. The van der Waals surface area contributed by atoms with Crippen molar-refractivity contribution in [2.75, 3.05) is 13.2 Å². The molecule has 0 aliphatic rings. The zero-order chi connectivity index (χ0) is 22.3. The Labute approximate surface area is 199 Å². The average molecular weight is 537 g/mol. The second kappa shape index (κ2) is 11.8. The molecule has 2 rings (SSSR count). The van der Waals surface area contributed by atoms with Crippen LogP contribution in [-0.4, -0.2) is 35.9 Å². The third kappa shape index (κ3) is 6.77. The Morgan fingerprint density at radius 1 is 1.17 bits per heavy atom. The van der Waals surface area contributed by atoms with Crippen molar-refractivity contribution in [2.45, 2.75) is 32.9 Å². The van der Waals surface area contributed by atoms with E-state index in [0.717, 1.165) is 6.42 Å². The normalized spacial score (nSPS) is 11.7. The van der Waals surface area contributed by atoms with Crippen LogP contribution in [0, 0.1) is 0 Å². The topological polar surface area (TPSA) is 58.6 Å². The van der Waals surface area contributed by atoms with E-state index in [4.69, 9.17) is 39.5 Å². The molecule has 162 valence electrons. The summed E-state index contributed by atoms with van der Waals surface area (Å²) in [5.41, 5.74) is 0.567. The molecule has 0 unspecified atom stereocenters. The summed E-state index contributed by atoms with van der Waals surface area (Å²) in [6.07, 6.45) is 0.788. The molecule has 2 aromatic rings. The first-order valence-electron chi connectivity index (χ1n) is 9.32. The number of rotatable bonds is 9. The zero-order valence-electron chi connectivity index (χ0n) is 16.6. The standard InChI is InChI=1S/C21H22BrCl3N2O3/c1-3-9-26-21(29)13(2)27(11-15-17(24)5-4-6-18(15)25)20(28)12-30-19-8-7-14(23)10-16(19)22/h4-8,10,13H,3,9,11-12H2,1-2H3,(H,26,29)/t13-/m0/s1. The summed E-state index contributed by atoms with van der Waals surface area (Å²) in [6.45, 7) is 3.93. The first-order chi connectivity index (χ1) is 14.2. The summed E-state index contributed by atoms with van der Waals surface area (Å²) < 4.78 is 6.27. The number of nitrogens with zero attached hydrogens (tertiary/aromatic N) is 1. The summed E-state index contributed by atoms with van der Waals surface area (Å²) in [7, 11) is 0. The van der Waals surface area contributed by atoms with Crippen molar-refractivity contribution >= 4 is 62.5 Å². The summed E-state index contributed by atoms with van der Waals surface area (Å²) >= 11 is 21.9. The van der Waals surface area contributed by atoms with Crippen molar-refractivity contribution in [3.63, 3.8) is 0 Å². The molecule has 5 nitrogen and oxygen atoms in total. The van der Waals surface area contributed by atoms with Crippen LogP contribution in [0.4, 0.5) is 0 Å². The quantitative estimate of drug-likeness (QED) is 0.445. The minimum atomic E-state index is -0.742. The van der Waals surface area contributed by atoms with Crippen LogP contribution >= 0.6 is 50.7 Å². The van der Waals surface area contributed by atoms with E-state index in [2.05, 4.69) is 21.2 Å². The number of hydrogen-bond donors (Lipinski definition) is 1. The van der Waals surface area contributed by atoms with E-state index in [9.17, 15) is 9.59 Å². The van der Waals surface area contributed by atoms with Gasteiger partial charge in [-0.3, -0.25) is 9.59 Å². The minimum Gasteiger partial charge on any atom is -0.483 e. The highest BCUT2D eigenvalue weighted by atomic mass is 79.9. The van der Waals surface area contributed by atoms with Crippen molar-refractivity contribution in [1.82, 2.24) is 10.2 Å². The van der Waals surface area contributed by atoms with Gasteiger partial charge in [-0.1, -0.05) is 47.8 Å². The lowest BCUT2D eigenvalue weighted by Crippen LogP contribution is -2.49. The van der Waals surface area contributed by atoms with Crippen LogP contribution in [0.1, 0.15) is 25.8 Å². The lowest BCUT2D eigenvalue weighted by atomic mass is 10.1. The van der Waals surface area contributed by atoms with E-state index in [1.807, 2.05) is 6.92 Å². The maximum absolute atomic E-state index is 13.0. The Hall–Kier alpha value is -1.47. The van der Waals surface area contributed by atoms with E-state index in [0.29, 0.717) is 37.4 Å². The Morgan fingerprint density at radius 3 is 2.43 bits per heavy atom. The Bertz CT molecular complexity index is 891. The van der Waals surface area contributed by atoms with Gasteiger partial charge in [-0.05, 0) is 59.6 Å². The second-order valence-corrected chi connectivity index (χ2v) is 8.66. The van der Waals surface area contributed by atoms with E-state index in [1.165, 1.54) is 4.90 Å². The highest BCUT2D eigenvalue weighted by Crippen LogP contribution is 2.29. The van der Waals surface area contributed by atoms with Crippen LogP contribution in [0.25, 0.3) is 0 Å². The SMILES string of the molecule is CCCNC(=O)[C@H](C)N(Cc1c(Cl)cccc1Cl)C(=O)COc1ccc(Cl)cc1Br. The number of ether oxygens (including phenoxy) is 1. The van der Waals surface area contributed by atoms with Gasteiger partial charge in [0, 0.05) is 33.7 Å². The molecule has 2 amide bonds. The maximum Gasteiger partial charge on any atom is 0.261 e. The van der Waals surface area contributed by atoms with Crippen LogP contribution in [-0.2, 0) is 16.1 Å². The molecule has 0 aliphatic carbocycles. The molecule has 0 radical (unpaired) electrons. The van der Waals surface area contributed by atoms with Crippen molar-refractivity contribution in [3.8, 4) is 5.75 Å². The van der Waals surface area contributed by atoms with Crippen LogP contribution < -0.4 is 10.1 Å². The Balaban J connectivity index is 2.22. The van der Waals surface area contributed by atoms with E-state index in [1.54, 1.807) is 43.3 Å². The number of amides is 2. The highest BCUT2D eigenvalue weighted by molar-refractivity contribution is 9.10.